The molecule has 0 N–H and O–H groups in total. The zero-order chi connectivity index (χ0) is 12.0. The number of nitrogens with zero attached hydrogens (tertiary/aromatic N) is 2. The van der Waals surface area contributed by atoms with Crippen LogP contribution in [0.3, 0.4) is 0 Å². The molecule has 3 heteroatoms. The summed E-state index contributed by atoms with van der Waals surface area (Å²) in [5.41, 5.74) is 2.11. The molecule has 0 unspecified atom stereocenters. The van der Waals surface area contributed by atoms with E-state index >= 15 is 0 Å². The lowest BCUT2D eigenvalue weighted by atomic mass is 9.90. The van der Waals surface area contributed by atoms with E-state index in [0.29, 0.717) is 12.1 Å². The fraction of sp³-hybridized carbons (Fsp3) is 0.500. The summed E-state index contributed by atoms with van der Waals surface area (Å²) in [5, 5.41) is 0. The summed E-state index contributed by atoms with van der Waals surface area (Å²) in [6, 6.07) is 8.70. The molecule has 2 atom stereocenters. The molecule has 1 amide bonds. The number of hydrogen-bond acceptors (Lipinski definition) is 2. The number of rotatable bonds is 0. The average Bonchev–Trinajstić information content (AvgIpc) is 2.28. The Morgan fingerprint density at radius 2 is 2.00 bits per heavy atom. The van der Waals surface area contributed by atoms with Crippen molar-refractivity contribution in [2.24, 2.45) is 0 Å². The van der Waals surface area contributed by atoms with Crippen LogP contribution >= 0.6 is 0 Å². The molecule has 2 aliphatic heterocycles. The zero-order valence-electron chi connectivity index (χ0n) is 10.4. The quantitative estimate of drug-likeness (QED) is 0.672. The Hall–Kier alpha value is -1.35. The minimum atomic E-state index is 0.220. The van der Waals surface area contributed by atoms with Gasteiger partial charge in [0.25, 0.3) is 5.91 Å². The molecule has 0 bridgehead atoms. The predicted molar refractivity (Wildman–Crippen MR) is 67.1 cm³/mol. The number of hydrogen-bond donors (Lipinski definition) is 0. The molecule has 17 heavy (non-hydrogen) atoms. The van der Waals surface area contributed by atoms with E-state index in [0.717, 1.165) is 25.1 Å². The number of carbonyl (C=O) groups excluding carboxylic acids is 1. The van der Waals surface area contributed by atoms with Gasteiger partial charge in [-0.25, -0.2) is 0 Å². The lowest BCUT2D eigenvalue weighted by Gasteiger charge is -2.47. The number of likely N-dealkylation sites (N-methyl/N-ethyl adjacent to an activating group) is 1. The van der Waals surface area contributed by atoms with Crippen molar-refractivity contribution < 1.29 is 4.79 Å². The van der Waals surface area contributed by atoms with Crippen molar-refractivity contribution in [3.05, 3.63) is 35.4 Å². The summed E-state index contributed by atoms with van der Waals surface area (Å²) in [6.45, 7) is 4.11. The highest BCUT2D eigenvalue weighted by Gasteiger charge is 2.38. The van der Waals surface area contributed by atoms with Crippen molar-refractivity contribution in [3.8, 4) is 0 Å². The van der Waals surface area contributed by atoms with Crippen LogP contribution in [0.5, 0.6) is 0 Å². The third kappa shape index (κ3) is 1.65. The molecular weight excluding hydrogens is 212 g/mol. The van der Waals surface area contributed by atoms with Crippen LogP contribution in [-0.2, 0) is 6.42 Å². The van der Waals surface area contributed by atoms with E-state index in [1.807, 2.05) is 18.2 Å². The fourth-order valence-electron chi connectivity index (χ4n) is 3.25. The summed E-state index contributed by atoms with van der Waals surface area (Å²) >= 11 is 0. The third-order valence-electron chi connectivity index (χ3n) is 3.90. The predicted octanol–water partition coefficient (Wildman–Crippen LogP) is 1.39. The molecule has 0 saturated carbocycles. The number of piperazine rings is 1. The first-order valence-electron chi connectivity index (χ1n) is 6.26. The summed E-state index contributed by atoms with van der Waals surface area (Å²) in [4.78, 5) is 16.9. The van der Waals surface area contributed by atoms with Gasteiger partial charge in [-0.3, -0.25) is 4.79 Å². The van der Waals surface area contributed by atoms with Gasteiger partial charge in [0, 0.05) is 30.7 Å². The summed E-state index contributed by atoms with van der Waals surface area (Å²) < 4.78 is 0. The van der Waals surface area contributed by atoms with Gasteiger partial charge >= 0.3 is 0 Å². The maximum atomic E-state index is 12.5. The van der Waals surface area contributed by atoms with Crippen LogP contribution in [0.4, 0.5) is 0 Å². The van der Waals surface area contributed by atoms with Gasteiger partial charge < -0.3 is 9.80 Å². The van der Waals surface area contributed by atoms with Crippen molar-refractivity contribution in [2.75, 3.05) is 20.1 Å². The van der Waals surface area contributed by atoms with Gasteiger partial charge in [0.05, 0.1) is 0 Å². The van der Waals surface area contributed by atoms with E-state index in [1.54, 1.807) is 0 Å². The Labute approximate surface area is 102 Å². The molecular formula is C14H18N2O. The van der Waals surface area contributed by atoms with Crippen LogP contribution in [0.15, 0.2) is 24.3 Å². The van der Waals surface area contributed by atoms with E-state index in [4.69, 9.17) is 0 Å². The normalized spacial score (nSPS) is 28.8. The second-order valence-corrected chi connectivity index (χ2v) is 5.30. The molecule has 0 spiro atoms. The largest absolute Gasteiger partial charge is 0.330 e. The fourth-order valence-corrected chi connectivity index (χ4v) is 3.25. The van der Waals surface area contributed by atoms with E-state index in [-0.39, 0.29) is 5.91 Å². The first-order valence-corrected chi connectivity index (χ1v) is 6.26. The third-order valence-corrected chi connectivity index (χ3v) is 3.90. The zero-order valence-corrected chi connectivity index (χ0v) is 10.4. The Morgan fingerprint density at radius 3 is 2.82 bits per heavy atom. The van der Waals surface area contributed by atoms with Crippen LogP contribution < -0.4 is 0 Å². The van der Waals surface area contributed by atoms with E-state index in [1.165, 1.54) is 5.56 Å². The van der Waals surface area contributed by atoms with Crippen LogP contribution in [0.1, 0.15) is 22.8 Å². The Kier molecular flexibility index (Phi) is 2.44. The molecule has 2 heterocycles. The maximum absolute atomic E-state index is 12.5. The van der Waals surface area contributed by atoms with Crippen LogP contribution in [0.2, 0.25) is 0 Å². The van der Waals surface area contributed by atoms with Gasteiger partial charge in [0.2, 0.25) is 0 Å². The van der Waals surface area contributed by atoms with Crippen molar-refractivity contribution in [2.45, 2.75) is 25.4 Å². The number of amides is 1. The minimum absolute atomic E-state index is 0.220. The highest BCUT2D eigenvalue weighted by atomic mass is 16.2. The van der Waals surface area contributed by atoms with Crippen molar-refractivity contribution >= 4 is 5.91 Å². The second-order valence-electron chi connectivity index (χ2n) is 5.30. The van der Waals surface area contributed by atoms with Gasteiger partial charge in [-0.15, -0.1) is 0 Å². The van der Waals surface area contributed by atoms with Crippen LogP contribution in [-0.4, -0.2) is 47.9 Å². The molecule has 0 aliphatic carbocycles. The van der Waals surface area contributed by atoms with Gasteiger partial charge in [0.1, 0.15) is 0 Å². The Balaban J connectivity index is 2.01. The lowest BCUT2D eigenvalue weighted by molar-refractivity contribution is 0.0269. The monoisotopic (exact) mass is 230 g/mol. The number of fused-ring (bicyclic) bond motifs is 2. The average molecular weight is 230 g/mol. The molecule has 1 aromatic carbocycles. The van der Waals surface area contributed by atoms with E-state index in [2.05, 4.69) is 29.8 Å². The molecule has 1 saturated heterocycles. The number of benzene rings is 1. The Morgan fingerprint density at radius 1 is 1.24 bits per heavy atom. The summed E-state index contributed by atoms with van der Waals surface area (Å²) in [6.07, 6.45) is 0.997. The van der Waals surface area contributed by atoms with Crippen molar-refractivity contribution in [3.63, 3.8) is 0 Å². The molecule has 0 radical (unpaired) electrons. The highest BCUT2D eigenvalue weighted by molar-refractivity contribution is 5.97. The molecule has 3 rings (SSSR count). The van der Waals surface area contributed by atoms with E-state index in [9.17, 15) is 4.79 Å². The highest BCUT2D eigenvalue weighted by Crippen LogP contribution is 2.28. The molecule has 1 aromatic rings. The molecule has 2 aliphatic rings. The van der Waals surface area contributed by atoms with Gasteiger partial charge in [-0.05, 0) is 32.0 Å². The standard InChI is InChI=1S/C14H18N2O/c1-10-8-15(2)9-12-7-11-5-3-4-6-13(11)14(17)16(10)12/h3-6,10,12H,7-9H2,1-2H3/t10-,12-/m1/s1. The summed E-state index contributed by atoms with van der Waals surface area (Å²) in [7, 11) is 2.14. The summed E-state index contributed by atoms with van der Waals surface area (Å²) in [5.74, 6) is 0.220. The lowest BCUT2D eigenvalue weighted by Crippen LogP contribution is -2.61. The van der Waals surface area contributed by atoms with Gasteiger partial charge in [-0.2, -0.15) is 0 Å². The molecule has 0 aromatic heterocycles. The van der Waals surface area contributed by atoms with Crippen LogP contribution in [0, 0.1) is 0 Å². The molecule has 3 nitrogen and oxygen atoms in total. The maximum Gasteiger partial charge on any atom is 0.254 e. The smallest absolute Gasteiger partial charge is 0.254 e. The molecule has 90 valence electrons. The van der Waals surface area contributed by atoms with Crippen molar-refractivity contribution in [1.29, 1.82) is 0 Å². The van der Waals surface area contributed by atoms with Gasteiger partial charge in [0.15, 0.2) is 0 Å². The SMILES string of the molecule is C[C@@H]1CN(C)C[C@H]2Cc3ccccc3C(=O)N21. The van der Waals surface area contributed by atoms with E-state index < -0.39 is 0 Å². The topological polar surface area (TPSA) is 23.6 Å². The first kappa shape index (κ1) is 10.8. The van der Waals surface area contributed by atoms with Gasteiger partial charge in [-0.1, -0.05) is 18.2 Å². The number of carbonyl (C=O) groups is 1. The van der Waals surface area contributed by atoms with Crippen LogP contribution in [0.25, 0.3) is 0 Å². The minimum Gasteiger partial charge on any atom is -0.330 e. The first-order chi connectivity index (χ1) is 8.16. The second kappa shape index (κ2) is 3.84. The Bertz CT molecular complexity index is 457. The molecule has 1 fully saturated rings. The van der Waals surface area contributed by atoms with Crippen molar-refractivity contribution in [1.82, 2.24) is 9.80 Å².